The topological polar surface area (TPSA) is 102 Å². The van der Waals surface area contributed by atoms with Crippen LogP contribution >= 0.6 is 0 Å². The summed E-state index contributed by atoms with van der Waals surface area (Å²) in [6, 6.07) is 13.7. The summed E-state index contributed by atoms with van der Waals surface area (Å²) in [5.41, 5.74) is 1.10. The van der Waals surface area contributed by atoms with Gasteiger partial charge in [-0.3, -0.25) is 4.79 Å². The van der Waals surface area contributed by atoms with Crippen LogP contribution in [0.15, 0.2) is 53.4 Å². The van der Waals surface area contributed by atoms with Crippen LogP contribution in [0.3, 0.4) is 0 Å². The monoisotopic (exact) mass is 462 g/mol. The van der Waals surface area contributed by atoms with E-state index in [1.165, 1.54) is 36.5 Å². The van der Waals surface area contributed by atoms with E-state index in [4.69, 9.17) is 9.47 Å². The van der Waals surface area contributed by atoms with Crippen LogP contribution in [0.25, 0.3) is 0 Å². The van der Waals surface area contributed by atoms with Gasteiger partial charge in [-0.25, -0.2) is 13.2 Å². The van der Waals surface area contributed by atoms with Gasteiger partial charge < -0.3 is 14.8 Å². The minimum absolute atomic E-state index is 0.0143. The van der Waals surface area contributed by atoms with Gasteiger partial charge in [-0.2, -0.15) is 4.31 Å². The van der Waals surface area contributed by atoms with Crippen molar-refractivity contribution in [1.29, 1.82) is 0 Å². The lowest BCUT2D eigenvalue weighted by Gasteiger charge is -2.20. The summed E-state index contributed by atoms with van der Waals surface area (Å²) >= 11 is 0. The summed E-state index contributed by atoms with van der Waals surface area (Å²) in [4.78, 5) is 24.7. The Bertz CT molecular complexity index is 1020. The van der Waals surface area contributed by atoms with Crippen LogP contribution in [0, 0.1) is 0 Å². The van der Waals surface area contributed by atoms with E-state index < -0.39 is 28.0 Å². The molecule has 2 aromatic rings. The van der Waals surface area contributed by atoms with E-state index in [1.807, 2.05) is 30.3 Å². The third-order valence-electron chi connectivity index (χ3n) is 4.93. The number of esters is 1. The zero-order chi connectivity index (χ0) is 23.7. The average molecular weight is 463 g/mol. The second kappa shape index (κ2) is 11.6. The molecule has 8 nitrogen and oxygen atoms in total. The molecule has 0 aromatic heterocycles. The van der Waals surface area contributed by atoms with Crippen LogP contribution in [0.5, 0.6) is 5.75 Å². The number of hydrogen-bond donors (Lipinski definition) is 1. The first-order valence-corrected chi connectivity index (χ1v) is 11.9. The molecular formula is C23H30N2O6S. The van der Waals surface area contributed by atoms with Crippen molar-refractivity contribution in [2.45, 2.75) is 38.2 Å². The molecule has 0 radical (unpaired) electrons. The van der Waals surface area contributed by atoms with Gasteiger partial charge in [0.15, 0.2) is 6.10 Å². The van der Waals surface area contributed by atoms with E-state index in [2.05, 4.69) is 5.32 Å². The molecular weight excluding hydrogens is 432 g/mol. The number of benzene rings is 2. The van der Waals surface area contributed by atoms with Crippen LogP contribution < -0.4 is 10.1 Å². The molecule has 32 heavy (non-hydrogen) atoms. The van der Waals surface area contributed by atoms with Crippen molar-refractivity contribution < 1.29 is 27.5 Å². The third-order valence-corrected chi connectivity index (χ3v) is 7.00. The standard InChI is InChI=1S/C23H30N2O6S/c1-5-25(6-2)32(28,29)21-16-19(12-13-20(21)30-4)23(27)31-17(3)22(26)24-15-14-18-10-8-7-9-11-18/h7-13,16-17H,5-6,14-15H2,1-4H3,(H,24,26). The zero-order valence-corrected chi connectivity index (χ0v) is 19.6. The second-order valence-electron chi connectivity index (χ2n) is 7.03. The quantitative estimate of drug-likeness (QED) is 0.515. The van der Waals surface area contributed by atoms with Crippen molar-refractivity contribution in [1.82, 2.24) is 9.62 Å². The second-order valence-corrected chi connectivity index (χ2v) is 8.94. The molecule has 0 spiro atoms. The highest BCUT2D eigenvalue weighted by Crippen LogP contribution is 2.28. The number of nitrogens with zero attached hydrogens (tertiary/aromatic N) is 1. The Hall–Kier alpha value is -2.91. The van der Waals surface area contributed by atoms with E-state index >= 15 is 0 Å². The van der Waals surface area contributed by atoms with E-state index in [0.29, 0.717) is 13.0 Å². The first-order chi connectivity index (χ1) is 15.2. The lowest BCUT2D eigenvalue weighted by Crippen LogP contribution is -2.37. The molecule has 1 amide bonds. The van der Waals surface area contributed by atoms with Crippen LogP contribution in [0.4, 0.5) is 0 Å². The van der Waals surface area contributed by atoms with Gasteiger partial charge in [0.05, 0.1) is 12.7 Å². The number of hydrogen-bond acceptors (Lipinski definition) is 6. The number of amides is 1. The highest BCUT2D eigenvalue weighted by atomic mass is 32.2. The number of carbonyl (C=O) groups is 2. The molecule has 1 N–H and O–H groups in total. The van der Waals surface area contributed by atoms with Crippen LogP contribution in [-0.2, 0) is 26.0 Å². The van der Waals surface area contributed by atoms with Crippen molar-refractivity contribution in [2.75, 3.05) is 26.7 Å². The number of nitrogens with one attached hydrogen (secondary N) is 1. The summed E-state index contributed by atoms with van der Waals surface area (Å²) in [7, 11) is -2.50. The van der Waals surface area contributed by atoms with Crippen LogP contribution in [0.2, 0.25) is 0 Å². The molecule has 0 bridgehead atoms. The summed E-state index contributed by atoms with van der Waals surface area (Å²) < 4.78 is 37.6. The molecule has 174 valence electrons. The molecule has 0 saturated heterocycles. The minimum Gasteiger partial charge on any atom is -0.495 e. The fourth-order valence-corrected chi connectivity index (χ4v) is 4.75. The molecule has 0 aliphatic heterocycles. The predicted molar refractivity (Wildman–Crippen MR) is 121 cm³/mol. The van der Waals surface area contributed by atoms with E-state index in [-0.39, 0.29) is 29.3 Å². The van der Waals surface area contributed by atoms with Gasteiger partial charge in [0, 0.05) is 19.6 Å². The van der Waals surface area contributed by atoms with Crippen LogP contribution in [-0.4, -0.2) is 57.4 Å². The van der Waals surface area contributed by atoms with Crippen molar-refractivity contribution >= 4 is 21.9 Å². The lowest BCUT2D eigenvalue weighted by atomic mass is 10.1. The van der Waals surface area contributed by atoms with Gasteiger partial charge in [-0.05, 0) is 37.1 Å². The van der Waals surface area contributed by atoms with E-state index in [1.54, 1.807) is 13.8 Å². The molecule has 0 saturated carbocycles. The Morgan fingerprint density at radius 2 is 1.72 bits per heavy atom. The minimum atomic E-state index is -3.86. The average Bonchev–Trinajstić information content (AvgIpc) is 2.79. The van der Waals surface area contributed by atoms with E-state index in [0.717, 1.165) is 5.56 Å². The maximum Gasteiger partial charge on any atom is 0.338 e. The number of sulfonamides is 1. The molecule has 2 aromatic carbocycles. The molecule has 1 atom stereocenters. The maximum atomic E-state index is 12.9. The lowest BCUT2D eigenvalue weighted by molar-refractivity contribution is -0.129. The maximum absolute atomic E-state index is 12.9. The molecule has 0 heterocycles. The normalized spacial score (nSPS) is 12.3. The Labute approximate surface area is 189 Å². The molecule has 9 heteroatoms. The Morgan fingerprint density at radius 3 is 2.31 bits per heavy atom. The molecule has 0 fully saturated rings. The molecule has 0 aliphatic carbocycles. The van der Waals surface area contributed by atoms with Crippen LogP contribution in [0.1, 0.15) is 36.7 Å². The first kappa shape index (κ1) is 25.4. The number of rotatable bonds is 11. The van der Waals surface area contributed by atoms with Gasteiger partial charge in [-0.1, -0.05) is 44.2 Å². The fraction of sp³-hybridized carbons (Fsp3) is 0.391. The number of ether oxygens (including phenoxy) is 2. The Morgan fingerprint density at radius 1 is 1.06 bits per heavy atom. The highest BCUT2D eigenvalue weighted by molar-refractivity contribution is 7.89. The smallest absolute Gasteiger partial charge is 0.338 e. The van der Waals surface area contributed by atoms with Gasteiger partial charge >= 0.3 is 5.97 Å². The molecule has 0 aliphatic rings. The van der Waals surface area contributed by atoms with Crippen molar-refractivity contribution in [3.05, 3.63) is 59.7 Å². The van der Waals surface area contributed by atoms with E-state index in [9.17, 15) is 18.0 Å². The molecule has 1 unspecified atom stereocenters. The van der Waals surface area contributed by atoms with Gasteiger partial charge in [0.1, 0.15) is 10.6 Å². The van der Waals surface area contributed by atoms with Gasteiger partial charge in [0.2, 0.25) is 10.0 Å². The largest absolute Gasteiger partial charge is 0.495 e. The van der Waals surface area contributed by atoms with Crippen molar-refractivity contribution in [3.63, 3.8) is 0 Å². The zero-order valence-electron chi connectivity index (χ0n) is 18.8. The Balaban J connectivity index is 2.08. The van der Waals surface area contributed by atoms with Crippen molar-refractivity contribution in [3.8, 4) is 5.75 Å². The summed E-state index contributed by atoms with van der Waals surface area (Å²) in [6.07, 6.45) is -0.388. The molecule has 2 rings (SSSR count). The third kappa shape index (κ3) is 6.30. The van der Waals surface area contributed by atoms with Crippen molar-refractivity contribution in [2.24, 2.45) is 0 Å². The fourth-order valence-electron chi connectivity index (χ4n) is 3.11. The summed E-state index contributed by atoms with van der Waals surface area (Å²) in [5.74, 6) is -1.10. The SMILES string of the molecule is CCN(CC)S(=O)(=O)c1cc(C(=O)OC(C)C(=O)NCCc2ccccc2)ccc1OC. The summed E-state index contributed by atoms with van der Waals surface area (Å²) in [6.45, 7) is 5.87. The van der Waals surface area contributed by atoms with Gasteiger partial charge in [0.25, 0.3) is 5.91 Å². The summed E-state index contributed by atoms with van der Waals surface area (Å²) in [5, 5.41) is 2.73. The first-order valence-electron chi connectivity index (χ1n) is 10.4. The number of carbonyl (C=O) groups excluding carboxylic acids is 2. The predicted octanol–water partition coefficient (Wildman–Crippen LogP) is 2.63. The van der Waals surface area contributed by atoms with Gasteiger partial charge in [-0.15, -0.1) is 0 Å². The number of methoxy groups -OCH3 is 1. The highest BCUT2D eigenvalue weighted by Gasteiger charge is 2.28. The Kier molecular flexibility index (Phi) is 9.22.